The van der Waals surface area contributed by atoms with Gasteiger partial charge in [-0.3, -0.25) is 4.18 Å². The number of esters is 1. The van der Waals surface area contributed by atoms with Gasteiger partial charge in [-0.15, -0.1) is 0 Å². The number of hydrogen-bond acceptors (Lipinski definition) is 5. The van der Waals surface area contributed by atoms with E-state index in [0.29, 0.717) is 5.56 Å². The Morgan fingerprint density at radius 3 is 2.32 bits per heavy atom. The first-order valence-corrected chi connectivity index (χ1v) is 8.33. The van der Waals surface area contributed by atoms with Crippen molar-refractivity contribution in [3.05, 3.63) is 59.7 Å². The van der Waals surface area contributed by atoms with Crippen LogP contribution in [0.2, 0.25) is 0 Å². The minimum absolute atomic E-state index is 0.00130. The fraction of sp³-hybridized carbons (Fsp3) is 0.188. The number of hydrogen-bond donors (Lipinski definition) is 0. The number of benzene rings is 2. The monoisotopic (exact) mass is 320 g/mol. The molecule has 116 valence electrons. The largest absolute Gasteiger partial charge is 0.465 e. The van der Waals surface area contributed by atoms with E-state index in [-0.39, 0.29) is 12.6 Å². The maximum absolute atomic E-state index is 11.5. The van der Waals surface area contributed by atoms with Crippen molar-refractivity contribution < 1.29 is 22.1 Å². The summed E-state index contributed by atoms with van der Waals surface area (Å²) in [6.07, 6.45) is 1.01. The first-order chi connectivity index (χ1) is 10.4. The zero-order chi connectivity index (χ0) is 16.2. The topological polar surface area (TPSA) is 69.7 Å². The molecule has 22 heavy (non-hydrogen) atoms. The van der Waals surface area contributed by atoms with Crippen LogP contribution in [0.1, 0.15) is 15.9 Å². The molecule has 0 atom stereocenters. The van der Waals surface area contributed by atoms with Gasteiger partial charge in [0.05, 0.1) is 25.5 Å². The average Bonchev–Trinajstić information content (AvgIpc) is 2.52. The molecule has 0 spiro atoms. The molecule has 0 bridgehead atoms. The number of carbonyl (C=O) groups is 1. The van der Waals surface area contributed by atoms with Crippen molar-refractivity contribution >= 4 is 16.1 Å². The third-order valence-corrected chi connectivity index (χ3v) is 3.56. The highest BCUT2D eigenvalue weighted by Gasteiger charge is 2.07. The van der Waals surface area contributed by atoms with Crippen LogP contribution in [0.4, 0.5) is 0 Å². The number of rotatable bonds is 5. The van der Waals surface area contributed by atoms with Gasteiger partial charge in [-0.1, -0.05) is 36.4 Å². The Kier molecular flexibility index (Phi) is 4.95. The third kappa shape index (κ3) is 4.41. The summed E-state index contributed by atoms with van der Waals surface area (Å²) in [4.78, 5) is 11.5. The van der Waals surface area contributed by atoms with Crippen molar-refractivity contribution in [1.82, 2.24) is 0 Å². The van der Waals surface area contributed by atoms with E-state index in [2.05, 4.69) is 0 Å². The van der Waals surface area contributed by atoms with Gasteiger partial charge in [0.2, 0.25) is 0 Å². The van der Waals surface area contributed by atoms with E-state index in [0.717, 1.165) is 22.9 Å². The molecule has 2 aromatic carbocycles. The molecule has 0 N–H and O–H groups in total. The van der Waals surface area contributed by atoms with Gasteiger partial charge < -0.3 is 4.74 Å². The van der Waals surface area contributed by atoms with Crippen LogP contribution in [0.25, 0.3) is 11.1 Å². The summed E-state index contributed by atoms with van der Waals surface area (Å²) in [6, 6.07) is 14.3. The van der Waals surface area contributed by atoms with Crippen LogP contribution in [0.5, 0.6) is 0 Å². The molecule has 0 aliphatic carbocycles. The fourth-order valence-corrected chi connectivity index (χ4v) is 2.26. The molecule has 2 aromatic rings. The lowest BCUT2D eigenvalue weighted by Crippen LogP contribution is -2.02. The number of methoxy groups -OCH3 is 1. The quantitative estimate of drug-likeness (QED) is 0.625. The van der Waals surface area contributed by atoms with Crippen LogP contribution < -0.4 is 0 Å². The van der Waals surface area contributed by atoms with E-state index in [1.54, 1.807) is 30.3 Å². The van der Waals surface area contributed by atoms with Gasteiger partial charge in [-0.05, 0) is 28.8 Å². The van der Waals surface area contributed by atoms with E-state index in [1.807, 2.05) is 18.2 Å². The Bertz CT molecular complexity index is 763. The molecule has 6 heteroatoms. The maximum Gasteiger partial charge on any atom is 0.337 e. The molecule has 2 rings (SSSR count). The Morgan fingerprint density at radius 1 is 1.05 bits per heavy atom. The molecule has 5 nitrogen and oxygen atoms in total. The second-order valence-corrected chi connectivity index (χ2v) is 6.38. The maximum atomic E-state index is 11.5. The molecule has 0 aromatic heterocycles. The van der Waals surface area contributed by atoms with Gasteiger partial charge in [-0.2, -0.15) is 8.42 Å². The summed E-state index contributed by atoms with van der Waals surface area (Å²) in [7, 11) is -2.12. The number of carbonyl (C=O) groups excluding carboxylic acids is 1. The predicted octanol–water partition coefficient (Wildman–Crippen LogP) is 2.62. The first kappa shape index (κ1) is 16.2. The molecule has 0 unspecified atom stereocenters. The van der Waals surface area contributed by atoms with Gasteiger partial charge in [0, 0.05) is 0 Å². The first-order valence-electron chi connectivity index (χ1n) is 6.51. The summed E-state index contributed by atoms with van der Waals surface area (Å²) >= 11 is 0. The van der Waals surface area contributed by atoms with Crippen molar-refractivity contribution in [3.63, 3.8) is 0 Å². The molecular weight excluding hydrogens is 304 g/mol. The van der Waals surface area contributed by atoms with E-state index in [1.165, 1.54) is 7.11 Å². The third-order valence-electron chi connectivity index (χ3n) is 3.01. The molecule has 0 fully saturated rings. The van der Waals surface area contributed by atoms with Crippen LogP contribution in [0.15, 0.2) is 48.5 Å². The van der Waals surface area contributed by atoms with Crippen molar-refractivity contribution in [2.45, 2.75) is 6.61 Å². The smallest absolute Gasteiger partial charge is 0.337 e. The highest BCUT2D eigenvalue weighted by atomic mass is 32.2. The van der Waals surface area contributed by atoms with E-state index in [4.69, 9.17) is 8.92 Å². The summed E-state index contributed by atoms with van der Waals surface area (Å²) in [6.45, 7) is 0.00130. The Balaban J connectivity index is 2.18. The summed E-state index contributed by atoms with van der Waals surface area (Å²) < 4.78 is 31.3. The Morgan fingerprint density at radius 2 is 1.73 bits per heavy atom. The molecular formula is C16H16O5S. The molecule has 0 heterocycles. The van der Waals surface area contributed by atoms with Gasteiger partial charge in [0.25, 0.3) is 10.1 Å². The van der Waals surface area contributed by atoms with E-state index >= 15 is 0 Å². The summed E-state index contributed by atoms with van der Waals surface area (Å²) in [5, 5.41) is 0. The predicted molar refractivity (Wildman–Crippen MR) is 82.9 cm³/mol. The highest BCUT2D eigenvalue weighted by molar-refractivity contribution is 7.85. The van der Waals surface area contributed by atoms with Gasteiger partial charge in [0.1, 0.15) is 0 Å². The van der Waals surface area contributed by atoms with Gasteiger partial charge >= 0.3 is 5.97 Å². The van der Waals surface area contributed by atoms with Crippen LogP contribution in [0.3, 0.4) is 0 Å². The summed E-state index contributed by atoms with van der Waals surface area (Å²) in [5.74, 6) is -0.389. The Labute approximate surface area is 129 Å². The standard InChI is InChI=1S/C16H16O5S/c1-20-16(17)15-5-3-4-14(10-15)13-8-6-12(7-9-13)11-21-22(2,18)19/h3-10H,11H2,1-2H3. The lowest BCUT2D eigenvalue weighted by atomic mass is 10.0. The lowest BCUT2D eigenvalue weighted by Gasteiger charge is -2.06. The highest BCUT2D eigenvalue weighted by Crippen LogP contribution is 2.21. The molecule has 0 saturated carbocycles. The van der Waals surface area contributed by atoms with Crippen LogP contribution in [0, 0.1) is 0 Å². The van der Waals surface area contributed by atoms with Gasteiger partial charge in [-0.25, -0.2) is 4.79 Å². The zero-order valence-corrected chi connectivity index (χ0v) is 13.1. The van der Waals surface area contributed by atoms with E-state index in [9.17, 15) is 13.2 Å². The fourth-order valence-electron chi connectivity index (χ4n) is 1.91. The normalized spacial score (nSPS) is 11.2. The lowest BCUT2D eigenvalue weighted by molar-refractivity contribution is 0.0601. The minimum Gasteiger partial charge on any atom is -0.465 e. The SMILES string of the molecule is COC(=O)c1cccc(-c2ccc(COS(C)(=O)=O)cc2)c1. The van der Waals surface area contributed by atoms with Crippen molar-refractivity contribution in [1.29, 1.82) is 0 Å². The average molecular weight is 320 g/mol. The molecule has 0 aliphatic heterocycles. The van der Waals surface area contributed by atoms with Crippen molar-refractivity contribution in [3.8, 4) is 11.1 Å². The van der Waals surface area contributed by atoms with Crippen LogP contribution >= 0.6 is 0 Å². The second kappa shape index (κ2) is 6.72. The summed E-state index contributed by atoms with van der Waals surface area (Å²) in [5.41, 5.74) is 3.01. The zero-order valence-electron chi connectivity index (χ0n) is 12.3. The molecule has 0 radical (unpaired) electrons. The van der Waals surface area contributed by atoms with E-state index < -0.39 is 10.1 Å². The molecule has 0 amide bonds. The molecule has 0 aliphatic rings. The van der Waals surface area contributed by atoms with Crippen LogP contribution in [-0.4, -0.2) is 27.8 Å². The second-order valence-electron chi connectivity index (χ2n) is 4.74. The van der Waals surface area contributed by atoms with Gasteiger partial charge in [0.15, 0.2) is 0 Å². The minimum atomic E-state index is -3.45. The Hall–Kier alpha value is -2.18. The number of ether oxygens (including phenoxy) is 1. The molecule has 0 saturated heterocycles. The van der Waals surface area contributed by atoms with Crippen molar-refractivity contribution in [2.75, 3.05) is 13.4 Å². The van der Waals surface area contributed by atoms with Crippen molar-refractivity contribution in [2.24, 2.45) is 0 Å². The van der Waals surface area contributed by atoms with Crippen LogP contribution in [-0.2, 0) is 25.6 Å².